The Balaban J connectivity index is 1.54. The van der Waals surface area contributed by atoms with Gasteiger partial charge < -0.3 is 9.84 Å². The first-order valence-electron chi connectivity index (χ1n) is 7.30. The van der Waals surface area contributed by atoms with E-state index >= 15 is 0 Å². The Bertz CT molecular complexity index is 884. The van der Waals surface area contributed by atoms with Crippen LogP contribution < -0.4 is 5.32 Å². The smallest absolute Gasteiger partial charge is 0.274 e. The maximum Gasteiger partial charge on any atom is 0.274 e. The summed E-state index contributed by atoms with van der Waals surface area (Å²) in [7, 11) is 0. The van der Waals surface area contributed by atoms with Crippen LogP contribution in [0.4, 0.5) is 0 Å². The number of halogens is 1. The first-order valence-corrected chi connectivity index (χ1v) is 8.56. The van der Waals surface area contributed by atoms with Crippen molar-refractivity contribution < 1.29 is 9.32 Å². The highest BCUT2D eigenvalue weighted by molar-refractivity contribution is 7.10. The van der Waals surface area contributed by atoms with E-state index in [1.165, 1.54) is 4.88 Å². The predicted octanol–water partition coefficient (Wildman–Crippen LogP) is 4.09. The Hall–Kier alpha value is -2.11. The van der Waals surface area contributed by atoms with Crippen molar-refractivity contribution in [3.63, 3.8) is 0 Å². The molecule has 4 rings (SSSR count). The molecule has 0 aliphatic heterocycles. The molecule has 0 atom stereocenters. The van der Waals surface area contributed by atoms with Crippen molar-refractivity contribution in [3.05, 3.63) is 62.4 Å². The quantitative estimate of drug-likeness (QED) is 0.778. The molecule has 1 N–H and O–H groups in total. The van der Waals surface area contributed by atoms with E-state index in [4.69, 9.17) is 16.1 Å². The molecule has 1 aromatic carbocycles. The second-order valence-electron chi connectivity index (χ2n) is 5.41. The van der Waals surface area contributed by atoms with E-state index in [2.05, 4.69) is 10.5 Å². The largest absolute Gasteiger partial charge is 0.355 e. The van der Waals surface area contributed by atoms with Crippen molar-refractivity contribution in [3.8, 4) is 11.3 Å². The molecular formula is C17H13ClN2O2S. The highest BCUT2D eigenvalue weighted by Crippen LogP contribution is 2.37. The number of hydrogen-bond donors (Lipinski definition) is 1. The summed E-state index contributed by atoms with van der Waals surface area (Å²) in [5.41, 5.74) is 3.30. The molecule has 6 heteroatoms. The van der Waals surface area contributed by atoms with E-state index in [1.54, 1.807) is 17.4 Å². The van der Waals surface area contributed by atoms with Crippen LogP contribution in [0.3, 0.4) is 0 Å². The van der Waals surface area contributed by atoms with E-state index in [0.29, 0.717) is 17.3 Å². The molecule has 0 unspecified atom stereocenters. The molecule has 116 valence electrons. The van der Waals surface area contributed by atoms with Crippen LogP contribution >= 0.6 is 22.9 Å². The molecule has 0 bridgehead atoms. The van der Waals surface area contributed by atoms with Gasteiger partial charge in [0.25, 0.3) is 5.91 Å². The van der Waals surface area contributed by atoms with Gasteiger partial charge in [-0.05, 0) is 42.0 Å². The van der Waals surface area contributed by atoms with Gasteiger partial charge in [0.1, 0.15) is 0 Å². The number of rotatable bonds is 3. The highest BCUT2D eigenvalue weighted by Gasteiger charge is 2.28. The molecule has 0 saturated carbocycles. The predicted molar refractivity (Wildman–Crippen MR) is 89.8 cm³/mol. The Kier molecular flexibility index (Phi) is 3.67. The summed E-state index contributed by atoms with van der Waals surface area (Å²) in [4.78, 5) is 13.7. The van der Waals surface area contributed by atoms with Crippen molar-refractivity contribution in [2.45, 2.75) is 19.4 Å². The minimum Gasteiger partial charge on any atom is -0.355 e. The van der Waals surface area contributed by atoms with Crippen LogP contribution in [-0.4, -0.2) is 11.1 Å². The highest BCUT2D eigenvalue weighted by atomic mass is 35.5. The number of thiophene rings is 1. The van der Waals surface area contributed by atoms with Crippen molar-refractivity contribution in [2.24, 2.45) is 0 Å². The molecule has 1 amide bonds. The van der Waals surface area contributed by atoms with Crippen LogP contribution in [-0.2, 0) is 19.4 Å². The third kappa shape index (κ3) is 2.66. The summed E-state index contributed by atoms with van der Waals surface area (Å²) in [5, 5.41) is 9.57. The first-order chi connectivity index (χ1) is 11.2. The summed E-state index contributed by atoms with van der Waals surface area (Å²) in [6, 6.07) is 9.44. The van der Waals surface area contributed by atoms with Gasteiger partial charge in [-0.25, -0.2) is 0 Å². The monoisotopic (exact) mass is 344 g/mol. The Morgan fingerprint density at radius 2 is 2.26 bits per heavy atom. The van der Waals surface area contributed by atoms with Gasteiger partial charge in [0.15, 0.2) is 11.5 Å². The molecule has 4 nitrogen and oxygen atoms in total. The van der Waals surface area contributed by atoms with Crippen LogP contribution in [0.15, 0.2) is 40.2 Å². The zero-order valence-corrected chi connectivity index (χ0v) is 13.7. The standard InChI is InChI=1S/C17H13ClN2O2S/c18-11-3-1-2-10(8-11)9-19-17(21)15-13-4-5-14-12(6-7-23-14)16(13)22-20-15/h1-3,6-8H,4-5,9H2,(H,19,21). The molecule has 0 spiro atoms. The number of amides is 1. The second kappa shape index (κ2) is 5.83. The summed E-state index contributed by atoms with van der Waals surface area (Å²) in [6.07, 6.45) is 1.71. The number of nitrogens with one attached hydrogen (secondary N) is 1. The van der Waals surface area contributed by atoms with Gasteiger partial charge in [0.05, 0.1) is 0 Å². The molecule has 2 heterocycles. The molecule has 0 saturated heterocycles. The van der Waals surface area contributed by atoms with Gasteiger partial charge in [-0.1, -0.05) is 28.9 Å². The van der Waals surface area contributed by atoms with Crippen LogP contribution in [0, 0.1) is 0 Å². The maximum absolute atomic E-state index is 12.4. The van der Waals surface area contributed by atoms with Crippen molar-refractivity contribution in [1.82, 2.24) is 10.5 Å². The van der Waals surface area contributed by atoms with E-state index < -0.39 is 0 Å². The lowest BCUT2D eigenvalue weighted by atomic mass is 9.95. The molecule has 1 aliphatic rings. The Labute approximate surface area is 142 Å². The number of carbonyl (C=O) groups is 1. The zero-order valence-electron chi connectivity index (χ0n) is 12.1. The summed E-state index contributed by atoms with van der Waals surface area (Å²) < 4.78 is 5.44. The lowest BCUT2D eigenvalue weighted by Crippen LogP contribution is -2.24. The fraction of sp³-hybridized carbons (Fsp3) is 0.176. The van der Waals surface area contributed by atoms with E-state index in [1.807, 2.05) is 29.6 Å². The van der Waals surface area contributed by atoms with Gasteiger partial charge in [-0.15, -0.1) is 11.3 Å². The lowest BCUT2D eigenvalue weighted by molar-refractivity contribution is 0.0941. The van der Waals surface area contributed by atoms with Gasteiger partial charge in [-0.3, -0.25) is 4.79 Å². The molecule has 1 aliphatic carbocycles. The number of aromatic nitrogens is 1. The lowest BCUT2D eigenvalue weighted by Gasteiger charge is -2.10. The molecule has 2 aromatic heterocycles. The summed E-state index contributed by atoms with van der Waals surface area (Å²) in [6.45, 7) is 0.407. The summed E-state index contributed by atoms with van der Waals surface area (Å²) >= 11 is 7.67. The third-order valence-electron chi connectivity index (χ3n) is 3.94. The van der Waals surface area contributed by atoms with Gasteiger partial charge in [0, 0.05) is 27.6 Å². The minimum absolute atomic E-state index is 0.214. The number of fused-ring (bicyclic) bond motifs is 3. The average Bonchev–Trinajstić information content (AvgIpc) is 3.18. The Morgan fingerprint density at radius 1 is 1.35 bits per heavy atom. The SMILES string of the molecule is O=C(NCc1cccc(Cl)c1)c1noc2c1CCc1sccc1-2. The summed E-state index contributed by atoms with van der Waals surface area (Å²) in [5.74, 6) is 0.522. The number of benzene rings is 1. The second-order valence-corrected chi connectivity index (χ2v) is 6.85. The van der Waals surface area contributed by atoms with Gasteiger partial charge >= 0.3 is 0 Å². The topological polar surface area (TPSA) is 55.1 Å². The number of hydrogen-bond acceptors (Lipinski definition) is 4. The van der Waals surface area contributed by atoms with Crippen LogP contribution in [0.2, 0.25) is 5.02 Å². The van der Waals surface area contributed by atoms with Crippen LogP contribution in [0.1, 0.15) is 26.5 Å². The third-order valence-corrected chi connectivity index (χ3v) is 5.15. The fourth-order valence-electron chi connectivity index (χ4n) is 2.82. The molecule has 0 radical (unpaired) electrons. The zero-order chi connectivity index (χ0) is 15.8. The van der Waals surface area contributed by atoms with E-state index in [-0.39, 0.29) is 5.91 Å². The first kappa shape index (κ1) is 14.5. The van der Waals surface area contributed by atoms with Crippen LogP contribution in [0.25, 0.3) is 11.3 Å². The van der Waals surface area contributed by atoms with Crippen LogP contribution in [0.5, 0.6) is 0 Å². The van der Waals surface area contributed by atoms with Gasteiger partial charge in [0.2, 0.25) is 0 Å². The van der Waals surface area contributed by atoms with E-state index in [9.17, 15) is 4.79 Å². The minimum atomic E-state index is -0.214. The van der Waals surface area contributed by atoms with Crippen molar-refractivity contribution in [1.29, 1.82) is 0 Å². The fourth-order valence-corrected chi connectivity index (χ4v) is 3.91. The number of nitrogens with zero attached hydrogens (tertiary/aromatic N) is 1. The number of carbonyl (C=O) groups excluding carboxylic acids is 1. The average molecular weight is 345 g/mol. The normalized spacial score (nSPS) is 12.6. The molecule has 0 fully saturated rings. The molecular weight excluding hydrogens is 332 g/mol. The maximum atomic E-state index is 12.4. The van der Waals surface area contributed by atoms with E-state index in [0.717, 1.165) is 35.3 Å². The molecule has 23 heavy (non-hydrogen) atoms. The molecule has 3 aromatic rings. The number of aryl methyl sites for hydroxylation is 1. The van der Waals surface area contributed by atoms with Gasteiger partial charge in [-0.2, -0.15) is 0 Å². The van der Waals surface area contributed by atoms with Crippen molar-refractivity contribution >= 4 is 28.8 Å². The Morgan fingerprint density at radius 3 is 3.13 bits per heavy atom. The van der Waals surface area contributed by atoms with Crippen molar-refractivity contribution in [2.75, 3.05) is 0 Å².